The third-order valence-corrected chi connectivity index (χ3v) is 6.60. The van der Waals surface area contributed by atoms with E-state index < -0.39 is 0 Å². The third-order valence-electron chi connectivity index (χ3n) is 5.55. The second kappa shape index (κ2) is 6.41. The number of anilines is 1. The summed E-state index contributed by atoms with van der Waals surface area (Å²) in [4.78, 5) is 15.1. The maximum atomic E-state index is 13.2. The van der Waals surface area contributed by atoms with E-state index in [2.05, 4.69) is 33.0 Å². The number of amides is 1. The number of hydrogen-bond donors (Lipinski definition) is 0. The first-order valence-electron chi connectivity index (χ1n) is 9.73. The Morgan fingerprint density at radius 3 is 2.77 bits per heavy atom. The third kappa shape index (κ3) is 2.94. The van der Waals surface area contributed by atoms with E-state index in [1.165, 1.54) is 31.2 Å². The molecule has 3 aliphatic rings. The van der Waals surface area contributed by atoms with Gasteiger partial charge in [0, 0.05) is 24.2 Å². The molecule has 6 heteroatoms. The highest BCUT2D eigenvalue weighted by Crippen LogP contribution is 2.46. The zero-order valence-electron chi connectivity index (χ0n) is 15.1. The molecule has 5 rings (SSSR count). The number of aryl methyl sites for hydroxylation is 1. The molecule has 1 atom stereocenters. The van der Waals surface area contributed by atoms with E-state index in [-0.39, 0.29) is 11.2 Å². The van der Waals surface area contributed by atoms with Gasteiger partial charge in [0.05, 0.1) is 5.25 Å². The largest absolute Gasteiger partial charge is 0.311 e. The van der Waals surface area contributed by atoms with Crippen LogP contribution in [-0.2, 0) is 11.2 Å². The molecule has 2 heterocycles. The Bertz CT molecular complexity index is 840. The molecule has 1 aromatic carbocycles. The van der Waals surface area contributed by atoms with Crippen LogP contribution < -0.4 is 4.90 Å². The van der Waals surface area contributed by atoms with Crippen molar-refractivity contribution in [2.45, 2.75) is 67.8 Å². The van der Waals surface area contributed by atoms with E-state index in [4.69, 9.17) is 0 Å². The Balaban J connectivity index is 1.36. The van der Waals surface area contributed by atoms with Crippen LogP contribution in [0.15, 0.2) is 29.4 Å². The van der Waals surface area contributed by atoms with Crippen molar-refractivity contribution >= 4 is 23.4 Å². The molecule has 1 aliphatic heterocycles. The number of benzene rings is 1. The Morgan fingerprint density at radius 1 is 1.19 bits per heavy atom. The number of thioether (sulfide) groups is 1. The van der Waals surface area contributed by atoms with Gasteiger partial charge in [-0.15, -0.1) is 10.2 Å². The van der Waals surface area contributed by atoms with Crippen LogP contribution in [0.1, 0.15) is 62.4 Å². The second-order valence-electron chi connectivity index (χ2n) is 7.70. The summed E-state index contributed by atoms with van der Waals surface area (Å²) in [5, 5.41) is 9.70. The lowest BCUT2D eigenvalue weighted by atomic mass is 10.0. The lowest BCUT2D eigenvalue weighted by molar-refractivity contribution is -0.117. The van der Waals surface area contributed by atoms with E-state index in [0.29, 0.717) is 12.0 Å². The molecule has 2 fully saturated rings. The van der Waals surface area contributed by atoms with Crippen molar-refractivity contribution in [1.29, 1.82) is 0 Å². The number of carbonyl (C=O) groups is 1. The molecule has 26 heavy (non-hydrogen) atoms. The van der Waals surface area contributed by atoms with Crippen LogP contribution in [0, 0.1) is 0 Å². The van der Waals surface area contributed by atoms with E-state index in [1.807, 2.05) is 17.9 Å². The minimum atomic E-state index is -0.157. The normalized spacial score (nSPS) is 20.7. The Kier molecular flexibility index (Phi) is 4.03. The number of carbonyl (C=O) groups excluding carboxylic acids is 1. The van der Waals surface area contributed by atoms with Gasteiger partial charge in [-0.1, -0.05) is 30.0 Å². The van der Waals surface area contributed by atoms with Gasteiger partial charge in [-0.25, -0.2) is 0 Å². The lowest BCUT2D eigenvalue weighted by Crippen LogP contribution is -2.40. The van der Waals surface area contributed by atoms with E-state index in [0.717, 1.165) is 36.1 Å². The summed E-state index contributed by atoms with van der Waals surface area (Å²) in [6.07, 6.45) is 6.98. The van der Waals surface area contributed by atoms with Crippen LogP contribution in [-0.4, -0.2) is 32.5 Å². The average molecular weight is 369 g/mol. The minimum Gasteiger partial charge on any atom is -0.311 e. The molecule has 0 N–H and O–H groups in total. The summed E-state index contributed by atoms with van der Waals surface area (Å²) in [6.45, 7) is 2.82. The second-order valence-corrected chi connectivity index (χ2v) is 9.01. The summed E-state index contributed by atoms with van der Waals surface area (Å²) >= 11 is 1.58. The number of nitrogens with zero attached hydrogens (tertiary/aromatic N) is 4. The molecule has 1 amide bonds. The molecule has 5 nitrogen and oxygen atoms in total. The van der Waals surface area contributed by atoms with E-state index >= 15 is 0 Å². The molecule has 1 aromatic heterocycles. The number of fused-ring (bicyclic) bond motifs is 1. The minimum absolute atomic E-state index is 0.157. The summed E-state index contributed by atoms with van der Waals surface area (Å²) in [6, 6.07) is 8.84. The van der Waals surface area contributed by atoms with Crippen LogP contribution in [0.3, 0.4) is 0 Å². The van der Waals surface area contributed by atoms with Gasteiger partial charge < -0.3 is 9.47 Å². The summed E-state index contributed by atoms with van der Waals surface area (Å²) in [5.41, 5.74) is 2.36. The monoisotopic (exact) mass is 368 g/mol. The first-order valence-corrected chi connectivity index (χ1v) is 10.6. The predicted octanol–water partition coefficient (Wildman–Crippen LogP) is 3.95. The molecule has 0 bridgehead atoms. The summed E-state index contributed by atoms with van der Waals surface area (Å²) in [7, 11) is 0. The first kappa shape index (κ1) is 16.4. The molecule has 0 saturated heterocycles. The van der Waals surface area contributed by atoms with Crippen molar-refractivity contribution in [2.24, 2.45) is 0 Å². The summed E-state index contributed by atoms with van der Waals surface area (Å²) in [5.74, 6) is 1.93. The SMILES string of the molecule is CC(Sc1nnc(C2CC2)n1C1CC1)C(=O)N1CCCc2ccccc21. The van der Waals surface area contributed by atoms with Gasteiger partial charge in [-0.3, -0.25) is 4.79 Å². The smallest absolute Gasteiger partial charge is 0.240 e. The highest BCUT2D eigenvalue weighted by atomic mass is 32.2. The molecular formula is C20H24N4OS. The molecule has 0 spiro atoms. The van der Waals surface area contributed by atoms with Gasteiger partial charge in [-0.05, 0) is 57.1 Å². The lowest BCUT2D eigenvalue weighted by Gasteiger charge is -2.31. The van der Waals surface area contributed by atoms with Crippen LogP contribution in [0.25, 0.3) is 0 Å². The van der Waals surface area contributed by atoms with Crippen LogP contribution in [0.5, 0.6) is 0 Å². The highest BCUT2D eigenvalue weighted by molar-refractivity contribution is 8.00. The number of hydrogen-bond acceptors (Lipinski definition) is 4. The molecule has 2 saturated carbocycles. The quantitative estimate of drug-likeness (QED) is 0.750. The molecule has 0 radical (unpaired) electrons. The first-order chi connectivity index (χ1) is 12.7. The van der Waals surface area contributed by atoms with Crippen molar-refractivity contribution in [3.8, 4) is 0 Å². The topological polar surface area (TPSA) is 51.0 Å². The highest BCUT2D eigenvalue weighted by Gasteiger charge is 2.37. The van der Waals surface area contributed by atoms with Crippen molar-refractivity contribution in [2.75, 3.05) is 11.4 Å². The molecule has 136 valence electrons. The van der Waals surface area contributed by atoms with Crippen LogP contribution in [0.2, 0.25) is 0 Å². The van der Waals surface area contributed by atoms with Crippen molar-refractivity contribution < 1.29 is 4.79 Å². The van der Waals surface area contributed by atoms with Gasteiger partial charge >= 0.3 is 0 Å². The van der Waals surface area contributed by atoms with Gasteiger partial charge in [0.25, 0.3) is 0 Å². The molecular weight excluding hydrogens is 344 g/mol. The Labute approximate surface area is 158 Å². The number of para-hydroxylation sites is 1. The van der Waals surface area contributed by atoms with Crippen molar-refractivity contribution in [3.63, 3.8) is 0 Å². The Morgan fingerprint density at radius 2 is 2.00 bits per heavy atom. The maximum Gasteiger partial charge on any atom is 0.240 e. The fraction of sp³-hybridized carbons (Fsp3) is 0.550. The van der Waals surface area contributed by atoms with Gasteiger partial charge in [-0.2, -0.15) is 0 Å². The zero-order valence-corrected chi connectivity index (χ0v) is 15.9. The van der Waals surface area contributed by atoms with Crippen LogP contribution in [0.4, 0.5) is 5.69 Å². The molecule has 1 unspecified atom stereocenters. The standard InChI is InChI=1S/C20H24N4OS/c1-13(19(25)23-12-4-6-14-5-2-3-7-17(14)23)26-20-22-21-18(15-8-9-15)24(20)16-10-11-16/h2-3,5,7,13,15-16H,4,6,8-12H2,1H3. The van der Waals surface area contributed by atoms with E-state index in [9.17, 15) is 4.79 Å². The van der Waals surface area contributed by atoms with Gasteiger partial charge in [0.1, 0.15) is 5.82 Å². The van der Waals surface area contributed by atoms with Gasteiger partial charge in [0.2, 0.25) is 5.91 Å². The zero-order chi connectivity index (χ0) is 17.7. The van der Waals surface area contributed by atoms with Gasteiger partial charge in [0.15, 0.2) is 5.16 Å². The van der Waals surface area contributed by atoms with E-state index in [1.54, 1.807) is 11.8 Å². The Hall–Kier alpha value is -1.82. The van der Waals surface area contributed by atoms with Crippen molar-refractivity contribution in [1.82, 2.24) is 14.8 Å². The van der Waals surface area contributed by atoms with Crippen molar-refractivity contribution in [3.05, 3.63) is 35.7 Å². The van der Waals surface area contributed by atoms with Crippen LogP contribution >= 0.6 is 11.8 Å². The molecule has 2 aromatic rings. The molecule has 2 aliphatic carbocycles. The predicted molar refractivity (Wildman–Crippen MR) is 103 cm³/mol. The summed E-state index contributed by atoms with van der Waals surface area (Å²) < 4.78 is 2.33. The number of rotatable bonds is 5. The maximum absolute atomic E-state index is 13.2. The average Bonchev–Trinajstić information content (AvgIpc) is 3.59. The fourth-order valence-corrected chi connectivity index (χ4v) is 4.84. The fourth-order valence-electron chi connectivity index (χ4n) is 3.86. The number of aromatic nitrogens is 3.